The van der Waals surface area contributed by atoms with Gasteiger partial charge in [0.25, 0.3) is 0 Å². The Morgan fingerprint density at radius 2 is 1.94 bits per heavy atom. The van der Waals surface area contributed by atoms with Crippen LogP contribution in [0.15, 0.2) is 24.4 Å². The quantitative estimate of drug-likeness (QED) is 0.560. The normalized spacial score (nSPS) is 23.8. The summed E-state index contributed by atoms with van der Waals surface area (Å²) >= 11 is 0. The molecule has 16 heavy (non-hydrogen) atoms. The van der Waals surface area contributed by atoms with Crippen molar-refractivity contribution in [1.29, 1.82) is 0 Å². The van der Waals surface area contributed by atoms with Crippen molar-refractivity contribution in [3.63, 3.8) is 0 Å². The maximum absolute atomic E-state index is 9.08. The Balaban J connectivity index is 0.000000385. The molecule has 0 aromatic rings. The molecule has 94 valence electrons. The van der Waals surface area contributed by atoms with Crippen LogP contribution in [0.25, 0.3) is 0 Å². The summed E-state index contributed by atoms with van der Waals surface area (Å²) in [4.78, 5) is 0. The molecule has 0 radical (unpaired) electrons. The van der Waals surface area contributed by atoms with E-state index in [1.54, 1.807) is 0 Å². The minimum absolute atomic E-state index is 0.604. The summed E-state index contributed by atoms with van der Waals surface area (Å²) in [5, 5.41) is 0. The second-order valence-corrected chi connectivity index (χ2v) is 5.62. The molecule has 0 saturated heterocycles. The fourth-order valence-electron chi connectivity index (χ4n) is 1.38. The summed E-state index contributed by atoms with van der Waals surface area (Å²) in [6, 6.07) is 0. The number of rotatable bonds is 3. The zero-order chi connectivity index (χ0) is 12.7. The molecule has 0 aliphatic carbocycles. The Morgan fingerprint density at radius 1 is 1.38 bits per heavy atom. The number of quaternary nitrogens is 1. The first-order chi connectivity index (χ1) is 7.27. The molecule has 0 aromatic heterocycles. The van der Waals surface area contributed by atoms with Crippen molar-refractivity contribution in [2.75, 3.05) is 26.4 Å². The molecule has 1 unspecified atom stereocenters. The largest absolute Gasteiger partial charge is 0.748 e. The molecular formula is C11H21NO3S. The van der Waals surface area contributed by atoms with Crippen LogP contribution < -0.4 is 0 Å². The second kappa shape index (κ2) is 6.83. The minimum atomic E-state index is -3.92. The average Bonchev–Trinajstić information content (AvgIpc) is 2.13. The van der Waals surface area contributed by atoms with E-state index in [4.69, 9.17) is 13.0 Å². The lowest BCUT2D eigenvalue weighted by atomic mass is 10.2. The second-order valence-electron chi connectivity index (χ2n) is 4.21. The van der Waals surface area contributed by atoms with Crippen molar-refractivity contribution in [3.05, 3.63) is 24.4 Å². The predicted molar refractivity (Wildman–Crippen MR) is 64.7 cm³/mol. The third-order valence-corrected chi connectivity index (χ3v) is 2.24. The van der Waals surface area contributed by atoms with Crippen LogP contribution in [0.1, 0.15) is 19.8 Å². The zero-order valence-corrected chi connectivity index (χ0v) is 11.0. The van der Waals surface area contributed by atoms with Gasteiger partial charge in [-0.3, -0.25) is 4.48 Å². The van der Waals surface area contributed by atoms with Crippen LogP contribution in [0, 0.1) is 0 Å². The molecule has 1 aliphatic heterocycles. The number of likely N-dealkylation sites (N-methyl/N-ethyl adjacent to an activating group) is 1. The lowest BCUT2D eigenvalue weighted by Gasteiger charge is -2.30. The van der Waals surface area contributed by atoms with Crippen LogP contribution in [-0.4, -0.2) is 43.8 Å². The van der Waals surface area contributed by atoms with Gasteiger partial charge in [-0.2, -0.15) is 0 Å². The van der Waals surface area contributed by atoms with Crippen molar-refractivity contribution >= 4 is 10.1 Å². The summed E-state index contributed by atoms with van der Waals surface area (Å²) in [5.74, 6) is 0. The smallest absolute Gasteiger partial charge is 0.102 e. The zero-order valence-electron chi connectivity index (χ0n) is 10.2. The lowest BCUT2D eigenvalue weighted by molar-refractivity contribution is -0.854. The van der Waals surface area contributed by atoms with E-state index >= 15 is 0 Å². The maximum Gasteiger partial charge on any atom is 0.102 e. The van der Waals surface area contributed by atoms with Crippen LogP contribution in [0.4, 0.5) is 0 Å². The molecule has 1 rings (SSSR count). The number of hydrogen-bond donors (Lipinski definition) is 0. The van der Waals surface area contributed by atoms with Gasteiger partial charge in [-0.05, 0) is 18.6 Å². The van der Waals surface area contributed by atoms with E-state index in [1.165, 1.54) is 19.4 Å². The fourth-order valence-corrected chi connectivity index (χ4v) is 1.38. The Morgan fingerprint density at radius 3 is 2.31 bits per heavy atom. The summed E-state index contributed by atoms with van der Waals surface area (Å²) in [7, 11) is -1.63. The molecule has 0 amide bonds. The van der Waals surface area contributed by atoms with Gasteiger partial charge in [0.1, 0.15) is 6.54 Å². The molecule has 0 N–H and O–H groups in total. The summed E-state index contributed by atoms with van der Waals surface area (Å²) in [6.45, 7) is 4.68. The molecule has 0 saturated carbocycles. The highest BCUT2D eigenvalue weighted by atomic mass is 32.2. The van der Waals surface area contributed by atoms with Gasteiger partial charge in [0.15, 0.2) is 0 Å². The number of unbranched alkanes of at least 4 members (excludes halogenated alkanes) is 1. The highest BCUT2D eigenvalue weighted by molar-refractivity contribution is 7.84. The van der Waals surface area contributed by atoms with Gasteiger partial charge in [0.05, 0.1) is 29.9 Å². The molecule has 4 nitrogen and oxygen atoms in total. The molecule has 1 atom stereocenters. The van der Waals surface area contributed by atoms with Gasteiger partial charge < -0.3 is 4.55 Å². The number of hydrogen-bond acceptors (Lipinski definition) is 3. The van der Waals surface area contributed by atoms with Crippen LogP contribution in [0.5, 0.6) is 0 Å². The van der Waals surface area contributed by atoms with Crippen LogP contribution in [0.3, 0.4) is 0 Å². The molecule has 1 aliphatic rings. The van der Waals surface area contributed by atoms with Gasteiger partial charge in [-0.15, -0.1) is 0 Å². The van der Waals surface area contributed by atoms with Gasteiger partial charge in [-0.25, -0.2) is 8.42 Å². The Bertz CT molecular complexity index is 338. The van der Waals surface area contributed by atoms with Crippen molar-refractivity contribution < 1.29 is 17.5 Å². The van der Waals surface area contributed by atoms with Crippen LogP contribution in [0.2, 0.25) is 0 Å². The lowest BCUT2D eigenvalue weighted by Crippen LogP contribution is -2.40. The van der Waals surface area contributed by atoms with E-state index in [-0.39, 0.29) is 0 Å². The van der Waals surface area contributed by atoms with Crippen molar-refractivity contribution in [2.24, 2.45) is 0 Å². The third-order valence-electron chi connectivity index (χ3n) is 2.24. The monoisotopic (exact) mass is 247 g/mol. The van der Waals surface area contributed by atoms with Gasteiger partial charge in [0.2, 0.25) is 0 Å². The van der Waals surface area contributed by atoms with Crippen LogP contribution >= 0.6 is 0 Å². The Hall–Kier alpha value is -0.650. The molecule has 0 aromatic carbocycles. The summed E-state index contributed by atoms with van der Waals surface area (Å²) in [5.41, 5.74) is 0. The molecule has 0 fully saturated rings. The molecule has 5 heteroatoms. The van der Waals surface area contributed by atoms with E-state index in [0.717, 1.165) is 11.0 Å². The van der Waals surface area contributed by atoms with E-state index in [0.29, 0.717) is 6.26 Å². The molecule has 0 bridgehead atoms. The number of allylic oxidation sites excluding steroid dienone is 2. The maximum atomic E-state index is 9.08. The first kappa shape index (κ1) is 15.3. The number of nitrogens with zero attached hydrogens (tertiary/aromatic N) is 1. The topological polar surface area (TPSA) is 57.2 Å². The standard InChI is InChI=1S/C10H18N.CH4O3S/c1-3-4-8-11(2)9-6-5-7-10-11;1-5(2,3)4/h5-7,9H,3-4,8,10H2,1-2H3;1H3,(H,2,3,4)/q+1;/p-1. The van der Waals surface area contributed by atoms with Gasteiger partial charge in [0, 0.05) is 6.26 Å². The minimum Gasteiger partial charge on any atom is -0.748 e. The Labute approximate surface area is 98.6 Å². The molecular weight excluding hydrogens is 226 g/mol. The molecule has 1 heterocycles. The van der Waals surface area contributed by atoms with E-state index in [9.17, 15) is 0 Å². The first-order valence-corrected chi connectivity index (χ1v) is 7.18. The SMILES string of the molecule is CCCC[N+]1(C)C=CC=CC1.CS(=O)(=O)[O-]. The van der Waals surface area contributed by atoms with E-state index in [1.807, 2.05) is 0 Å². The van der Waals surface area contributed by atoms with Crippen molar-refractivity contribution in [1.82, 2.24) is 0 Å². The predicted octanol–water partition coefficient (Wildman–Crippen LogP) is 1.48. The van der Waals surface area contributed by atoms with Crippen molar-refractivity contribution in [2.45, 2.75) is 19.8 Å². The van der Waals surface area contributed by atoms with E-state index < -0.39 is 10.1 Å². The summed E-state index contributed by atoms with van der Waals surface area (Å²) in [6.07, 6.45) is 12.0. The molecule has 0 spiro atoms. The van der Waals surface area contributed by atoms with Crippen molar-refractivity contribution in [3.8, 4) is 0 Å². The highest BCUT2D eigenvalue weighted by Gasteiger charge is 2.16. The van der Waals surface area contributed by atoms with Gasteiger partial charge in [-0.1, -0.05) is 19.4 Å². The van der Waals surface area contributed by atoms with E-state index in [2.05, 4.69) is 38.4 Å². The Kier molecular flexibility index (Phi) is 6.55. The fraction of sp³-hybridized carbons (Fsp3) is 0.636. The highest BCUT2D eigenvalue weighted by Crippen LogP contribution is 2.10. The first-order valence-electron chi connectivity index (χ1n) is 5.36. The average molecular weight is 247 g/mol. The third kappa shape index (κ3) is 9.89. The summed E-state index contributed by atoms with van der Waals surface area (Å²) < 4.78 is 28.3. The van der Waals surface area contributed by atoms with Crippen LogP contribution in [-0.2, 0) is 10.1 Å². The van der Waals surface area contributed by atoms with Gasteiger partial charge >= 0.3 is 0 Å².